The fraction of sp³-hybridized carbons (Fsp3) is 0.417. The maximum Gasteiger partial charge on any atom is 0.242 e. The quantitative estimate of drug-likeness (QED) is 0.726. The first-order valence-corrected chi connectivity index (χ1v) is 6.15. The van der Waals surface area contributed by atoms with Gasteiger partial charge in [0.15, 0.2) is 0 Å². The number of imidazole rings is 1. The standard InChI is InChI=1S/C12H18N6O/c1-3-9(11-14-4-5-15-11)17-12(19)10(13)8-6-16-18(2)7-8/h4-7,9-10H,3,13H2,1-2H3,(H,14,15)(H,17,19). The van der Waals surface area contributed by atoms with E-state index in [4.69, 9.17) is 5.73 Å². The van der Waals surface area contributed by atoms with Gasteiger partial charge in [0.05, 0.1) is 12.2 Å². The molecule has 2 unspecified atom stereocenters. The van der Waals surface area contributed by atoms with E-state index < -0.39 is 6.04 Å². The van der Waals surface area contributed by atoms with Gasteiger partial charge in [-0.05, 0) is 6.42 Å². The van der Waals surface area contributed by atoms with Gasteiger partial charge in [-0.3, -0.25) is 9.48 Å². The van der Waals surface area contributed by atoms with E-state index in [1.54, 1.807) is 36.5 Å². The van der Waals surface area contributed by atoms with Gasteiger partial charge in [0, 0.05) is 31.2 Å². The van der Waals surface area contributed by atoms with Crippen molar-refractivity contribution in [1.29, 1.82) is 0 Å². The smallest absolute Gasteiger partial charge is 0.242 e. The summed E-state index contributed by atoms with van der Waals surface area (Å²) in [6.45, 7) is 1.98. The number of carbonyl (C=O) groups excluding carboxylic acids is 1. The van der Waals surface area contributed by atoms with E-state index in [0.717, 1.165) is 12.2 Å². The van der Waals surface area contributed by atoms with Crippen molar-refractivity contribution in [2.24, 2.45) is 12.8 Å². The zero-order valence-electron chi connectivity index (χ0n) is 11.0. The fourth-order valence-electron chi connectivity index (χ4n) is 1.85. The Morgan fingerprint density at radius 2 is 2.42 bits per heavy atom. The summed E-state index contributed by atoms with van der Waals surface area (Å²) in [7, 11) is 1.78. The molecule has 0 saturated heterocycles. The van der Waals surface area contributed by atoms with E-state index in [0.29, 0.717) is 5.56 Å². The number of hydrogen-bond acceptors (Lipinski definition) is 4. The molecule has 0 aliphatic heterocycles. The van der Waals surface area contributed by atoms with Gasteiger partial charge in [-0.2, -0.15) is 5.10 Å². The summed E-state index contributed by atoms with van der Waals surface area (Å²) < 4.78 is 1.62. The van der Waals surface area contributed by atoms with Crippen LogP contribution < -0.4 is 11.1 Å². The highest BCUT2D eigenvalue weighted by atomic mass is 16.2. The molecule has 2 atom stereocenters. The molecule has 0 fully saturated rings. The average molecular weight is 262 g/mol. The van der Waals surface area contributed by atoms with Crippen LogP contribution in [0.25, 0.3) is 0 Å². The van der Waals surface area contributed by atoms with Crippen molar-refractivity contribution < 1.29 is 4.79 Å². The third-order valence-electron chi connectivity index (χ3n) is 2.94. The van der Waals surface area contributed by atoms with E-state index in [9.17, 15) is 4.79 Å². The topological polar surface area (TPSA) is 102 Å². The minimum Gasteiger partial charge on any atom is -0.347 e. The Balaban J connectivity index is 2.03. The number of nitrogens with zero attached hydrogens (tertiary/aromatic N) is 3. The van der Waals surface area contributed by atoms with Crippen LogP contribution in [-0.2, 0) is 11.8 Å². The van der Waals surface area contributed by atoms with Gasteiger partial charge in [-0.1, -0.05) is 6.92 Å². The lowest BCUT2D eigenvalue weighted by Crippen LogP contribution is -2.36. The van der Waals surface area contributed by atoms with Crippen molar-refractivity contribution in [3.8, 4) is 0 Å². The van der Waals surface area contributed by atoms with Crippen molar-refractivity contribution in [3.63, 3.8) is 0 Å². The zero-order valence-corrected chi connectivity index (χ0v) is 11.0. The minimum atomic E-state index is -0.724. The lowest BCUT2D eigenvalue weighted by Gasteiger charge is -2.17. The molecule has 2 rings (SSSR count). The molecule has 0 aromatic carbocycles. The SMILES string of the molecule is CCC(NC(=O)C(N)c1cnn(C)c1)c1ncc[nH]1. The Morgan fingerprint density at radius 3 is 2.95 bits per heavy atom. The Bertz CT molecular complexity index is 532. The van der Waals surface area contributed by atoms with Crippen molar-refractivity contribution in [2.75, 3.05) is 0 Å². The van der Waals surface area contributed by atoms with Crippen LogP contribution in [0, 0.1) is 0 Å². The molecule has 2 heterocycles. The fourth-order valence-corrected chi connectivity index (χ4v) is 1.85. The molecule has 1 amide bonds. The maximum absolute atomic E-state index is 12.1. The summed E-state index contributed by atoms with van der Waals surface area (Å²) in [5.41, 5.74) is 6.60. The number of aromatic amines is 1. The highest BCUT2D eigenvalue weighted by molar-refractivity contribution is 5.83. The Labute approximate surface area is 111 Å². The van der Waals surface area contributed by atoms with Gasteiger partial charge in [-0.15, -0.1) is 0 Å². The van der Waals surface area contributed by atoms with Crippen molar-refractivity contribution in [1.82, 2.24) is 25.1 Å². The number of carbonyl (C=O) groups is 1. The van der Waals surface area contributed by atoms with E-state index in [1.165, 1.54) is 0 Å². The largest absolute Gasteiger partial charge is 0.347 e. The van der Waals surface area contributed by atoms with Crippen molar-refractivity contribution >= 4 is 5.91 Å². The first-order valence-electron chi connectivity index (χ1n) is 6.15. The maximum atomic E-state index is 12.1. The number of aromatic nitrogens is 4. The van der Waals surface area contributed by atoms with Gasteiger partial charge in [0.2, 0.25) is 5.91 Å². The van der Waals surface area contributed by atoms with Gasteiger partial charge < -0.3 is 16.0 Å². The van der Waals surface area contributed by atoms with Crippen LogP contribution in [0.2, 0.25) is 0 Å². The molecule has 0 radical (unpaired) electrons. The molecule has 2 aromatic heterocycles. The van der Waals surface area contributed by atoms with Gasteiger partial charge in [0.1, 0.15) is 11.9 Å². The molecule has 0 saturated carbocycles. The van der Waals surface area contributed by atoms with Crippen molar-refractivity contribution in [3.05, 3.63) is 36.2 Å². The summed E-state index contributed by atoms with van der Waals surface area (Å²) in [5.74, 6) is 0.491. The molecule has 19 heavy (non-hydrogen) atoms. The van der Waals surface area contributed by atoms with E-state index in [-0.39, 0.29) is 11.9 Å². The first kappa shape index (κ1) is 13.3. The molecule has 0 aliphatic carbocycles. The number of nitrogens with one attached hydrogen (secondary N) is 2. The van der Waals surface area contributed by atoms with Crippen LogP contribution in [0.5, 0.6) is 0 Å². The number of aryl methyl sites for hydroxylation is 1. The summed E-state index contributed by atoms with van der Waals surface area (Å²) in [5, 5.41) is 6.89. The molecule has 0 aliphatic rings. The minimum absolute atomic E-state index is 0.162. The molecule has 7 nitrogen and oxygen atoms in total. The third kappa shape index (κ3) is 3.00. The number of hydrogen-bond donors (Lipinski definition) is 3. The second-order valence-electron chi connectivity index (χ2n) is 4.37. The Hall–Kier alpha value is -2.15. The highest BCUT2D eigenvalue weighted by Crippen LogP contribution is 2.14. The van der Waals surface area contributed by atoms with Crippen LogP contribution in [-0.4, -0.2) is 25.7 Å². The lowest BCUT2D eigenvalue weighted by atomic mass is 10.1. The van der Waals surface area contributed by atoms with E-state index in [2.05, 4.69) is 20.4 Å². The Morgan fingerprint density at radius 1 is 1.63 bits per heavy atom. The predicted molar refractivity (Wildman–Crippen MR) is 69.9 cm³/mol. The molecule has 2 aromatic rings. The average Bonchev–Trinajstić information content (AvgIpc) is 3.05. The monoisotopic (exact) mass is 262 g/mol. The predicted octanol–water partition coefficient (Wildman–Crippen LogP) is 0.410. The number of H-pyrrole nitrogens is 1. The van der Waals surface area contributed by atoms with Crippen LogP contribution in [0.3, 0.4) is 0 Å². The molecule has 7 heteroatoms. The first-order chi connectivity index (χ1) is 9.11. The normalized spacial score (nSPS) is 14.1. The number of rotatable bonds is 5. The van der Waals surface area contributed by atoms with E-state index in [1.807, 2.05) is 6.92 Å². The van der Waals surface area contributed by atoms with E-state index >= 15 is 0 Å². The van der Waals surface area contributed by atoms with Gasteiger partial charge in [-0.25, -0.2) is 4.98 Å². The van der Waals surface area contributed by atoms with Crippen LogP contribution in [0.15, 0.2) is 24.8 Å². The third-order valence-corrected chi connectivity index (χ3v) is 2.94. The highest BCUT2D eigenvalue weighted by Gasteiger charge is 2.21. The second-order valence-corrected chi connectivity index (χ2v) is 4.37. The Kier molecular flexibility index (Phi) is 3.96. The molecule has 102 valence electrons. The summed E-state index contributed by atoms with van der Waals surface area (Å²) in [6, 6.07) is -0.886. The van der Waals surface area contributed by atoms with Gasteiger partial charge in [0.25, 0.3) is 0 Å². The number of amides is 1. The molecule has 4 N–H and O–H groups in total. The lowest BCUT2D eigenvalue weighted by molar-refractivity contribution is -0.123. The second kappa shape index (κ2) is 5.66. The van der Waals surface area contributed by atoms with Crippen LogP contribution in [0.4, 0.5) is 0 Å². The summed E-state index contributed by atoms with van der Waals surface area (Å²) in [6.07, 6.45) is 7.45. The zero-order chi connectivity index (χ0) is 13.8. The number of nitrogens with two attached hydrogens (primary N) is 1. The summed E-state index contributed by atoms with van der Waals surface area (Å²) in [4.78, 5) is 19.2. The summed E-state index contributed by atoms with van der Waals surface area (Å²) >= 11 is 0. The van der Waals surface area contributed by atoms with Crippen LogP contribution in [0.1, 0.15) is 36.8 Å². The van der Waals surface area contributed by atoms with Gasteiger partial charge >= 0.3 is 0 Å². The van der Waals surface area contributed by atoms with Crippen molar-refractivity contribution in [2.45, 2.75) is 25.4 Å². The molecule has 0 spiro atoms. The molecular formula is C12H18N6O. The molecular weight excluding hydrogens is 244 g/mol. The van der Waals surface area contributed by atoms with Crippen LogP contribution >= 0.6 is 0 Å². The molecule has 0 bridgehead atoms.